The fourth-order valence-electron chi connectivity index (χ4n) is 4.50. The Hall–Kier alpha value is -3.68. The van der Waals surface area contributed by atoms with Gasteiger partial charge in [-0.1, -0.05) is 35.6 Å². The number of anilines is 2. The number of ether oxygens (including phenoxy) is 1. The highest BCUT2D eigenvalue weighted by atomic mass is 32.1. The van der Waals surface area contributed by atoms with E-state index in [1.807, 2.05) is 6.08 Å². The highest BCUT2D eigenvalue weighted by Gasteiger charge is 2.38. The van der Waals surface area contributed by atoms with Crippen molar-refractivity contribution in [1.82, 2.24) is 19.9 Å². The lowest BCUT2D eigenvalue weighted by molar-refractivity contribution is -0.134. The quantitative estimate of drug-likeness (QED) is 0.396. The van der Waals surface area contributed by atoms with Crippen LogP contribution in [0, 0.1) is 0 Å². The van der Waals surface area contributed by atoms with Gasteiger partial charge in [-0.2, -0.15) is 13.2 Å². The van der Waals surface area contributed by atoms with Gasteiger partial charge >= 0.3 is 6.18 Å². The van der Waals surface area contributed by atoms with E-state index in [1.165, 1.54) is 18.5 Å². The molecule has 2 aromatic heterocycles. The third-order valence-electron chi connectivity index (χ3n) is 6.62. The van der Waals surface area contributed by atoms with Crippen LogP contribution in [-0.2, 0) is 20.5 Å². The first-order valence-corrected chi connectivity index (χ1v) is 13.1. The molecule has 2 aliphatic rings. The number of halogens is 3. The zero-order valence-electron chi connectivity index (χ0n) is 20.8. The SMILES string of the molecule is C[C@H](C(=O)Nc1ncc(C(F)(F)F)s1)c1cccc(-c2cnc(NC(=O)/C=C/CN3CC4CC3CO4)cn2)c1. The maximum Gasteiger partial charge on any atom is 0.427 e. The monoisotopic (exact) mass is 558 g/mol. The zero-order valence-corrected chi connectivity index (χ0v) is 21.6. The minimum atomic E-state index is -4.51. The first-order chi connectivity index (χ1) is 18.7. The van der Waals surface area contributed by atoms with Crippen molar-refractivity contribution in [3.05, 3.63) is 65.4 Å². The van der Waals surface area contributed by atoms with Crippen molar-refractivity contribution in [2.45, 2.75) is 37.6 Å². The topological polar surface area (TPSA) is 109 Å². The van der Waals surface area contributed by atoms with Crippen molar-refractivity contribution in [2.24, 2.45) is 0 Å². The van der Waals surface area contributed by atoms with Crippen molar-refractivity contribution in [1.29, 1.82) is 0 Å². The molecule has 0 aliphatic carbocycles. The van der Waals surface area contributed by atoms with Crippen LogP contribution in [0.1, 0.15) is 29.7 Å². The largest absolute Gasteiger partial charge is 0.427 e. The smallest absolute Gasteiger partial charge is 0.375 e. The number of amides is 2. The maximum absolute atomic E-state index is 12.8. The predicted molar refractivity (Wildman–Crippen MR) is 139 cm³/mol. The molecule has 5 rings (SSSR count). The summed E-state index contributed by atoms with van der Waals surface area (Å²) in [5, 5.41) is 5.01. The summed E-state index contributed by atoms with van der Waals surface area (Å²) < 4.78 is 44.0. The lowest BCUT2D eigenvalue weighted by atomic mass is 9.97. The minimum absolute atomic E-state index is 0.119. The van der Waals surface area contributed by atoms with Gasteiger partial charge in [0.25, 0.3) is 0 Å². The number of hydrogen-bond donors (Lipinski definition) is 2. The van der Waals surface area contributed by atoms with Crippen LogP contribution in [0.4, 0.5) is 24.1 Å². The van der Waals surface area contributed by atoms with Crippen LogP contribution in [0.5, 0.6) is 0 Å². The molecule has 2 fully saturated rings. The molecule has 2 bridgehead atoms. The highest BCUT2D eigenvalue weighted by Crippen LogP contribution is 2.35. The van der Waals surface area contributed by atoms with Gasteiger partial charge in [0.15, 0.2) is 10.9 Å². The van der Waals surface area contributed by atoms with Crippen molar-refractivity contribution in [2.75, 3.05) is 30.3 Å². The number of nitrogens with one attached hydrogen (secondary N) is 2. The van der Waals surface area contributed by atoms with E-state index < -0.39 is 22.9 Å². The molecule has 39 heavy (non-hydrogen) atoms. The summed E-state index contributed by atoms with van der Waals surface area (Å²) in [5.74, 6) is -1.16. The number of hydrogen-bond acceptors (Lipinski definition) is 8. The first-order valence-electron chi connectivity index (χ1n) is 12.2. The normalized spacial score (nSPS) is 19.9. The number of aromatic nitrogens is 3. The first kappa shape index (κ1) is 26.9. The Kier molecular flexibility index (Phi) is 7.73. The number of carbonyl (C=O) groups is 2. The molecule has 204 valence electrons. The van der Waals surface area contributed by atoms with Crippen LogP contribution in [0.2, 0.25) is 0 Å². The second-order valence-corrected chi connectivity index (χ2v) is 10.4. The summed E-state index contributed by atoms with van der Waals surface area (Å²) in [5.41, 5.74) is 1.86. The van der Waals surface area contributed by atoms with E-state index in [0.717, 1.165) is 19.6 Å². The Morgan fingerprint density at radius 3 is 2.72 bits per heavy atom. The van der Waals surface area contributed by atoms with Gasteiger partial charge < -0.3 is 15.4 Å². The molecular weight excluding hydrogens is 533 g/mol. The molecule has 2 amide bonds. The van der Waals surface area contributed by atoms with E-state index in [4.69, 9.17) is 4.74 Å². The fraction of sp³-hybridized carbons (Fsp3) is 0.346. The van der Waals surface area contributed by atoms with Crippen molar-refractivity contribution in [3.8, 4) is 11.3 Å². The van der Waals surface area contributed by atoms with E-state index in [9.17, 15) is 22.8 Å². The number of benzene rings is 1. The number of likely N-dealkylation sites (tertiary alicyclic amines) is 1. The Morgan fingerprint density at radius 2 is 2.05 bits per heavy atom. The van der Waals surface area contributed by atoms with Crippen molar-refractivity contribution >= 4 is 34.1 Å². The standard InChI is InChI=1S/C26H25F3N6O3S/c1-15(24(37)34-25-32-11-21(39-25)26(27,28)29)16-4-2-5-17(8-16)20-10-31-22(12-30-20)33-23(36)6-3-7-35-13-19-9-18(35)14-38-19/h2-6,8,10-12,15,18-19H,7,9,13-14H2,1H3,(H,31,33,36)(H,32,34,37)/b6-3+/t15-,18?,19?/m0/s1. The van der Waals surface area contributed by atoms with Gasteiger partial charge in [0.1, 0.15) is 4.88 Å². The van der Waals surface area contributed by atoms with Gasteiger partial charge in [-0.25, -0.2) is 9.97 Å². The summed E-state index contributed by atoms with van der Waals surface area (Å²) in [7, 11) is 0. The lowest BCUT2D eigenvalue weighted by Crippen LogP contribution is -2.36. The van der Waals surface area contributed by atoms with E-state index in [0.29, 0.717) is 58.9 Å². The molecule has 9 nitrogen and oxygen atoms in total. The summed E-state index contributed by atoms with van der Waals surface area (Å²) in [6.07, 6.45) is 3.80. The fourth-order valence-corrected chi connectivity index (χ4v) is 5.19. The maximum atomic E-state index is 12.8. The number of morpholine rings is 1. The number of carbonyl (C=O) groups excluding carboxylic acids is 2. The molecule has 0 saturated carbocycles. The Bertz CT molecular complexity index is 1380. The molecule has 0 radical (unpaired) electrons. The Balaban J connectivity index is 1.16. The molecule has 13 heteroatoms. The molecule has 2 unspecified atom stereocenters. The second kappa shape index (κ2) is 11.2. The third kappa shape index (κ3) is 6.49. The van der Waals surface area contributed by atoms with E-state index in [-0.39, 0.29) is 11.0 Å². The molecular formula is C26H25F3N6O3S. The van der Waals surface area contributed by atoms with Crippen LogP contribution in [0.3, 0.4) is 0 Å². The minimum Gasteiger partial charge on any atom is -0.375 e. The molecule has 0 spiro atoms. The summed E-state index contributed by atoms with van der Waals surface area (Å²) in [4.78, 5) is 38.6. The van der Waals surface area contributed by atoms with Gasteiger partial charge in [-0.15, -0.1) is 0 Å². The average molecular weight is 559 g/mol. The number of thiazole rings is 1. The Labute approximate surface area is 226 Å². The molecule has 2 aliphatic heterocycles. The number of alkyl halides is 3. The van der Waals surface area contributed by atoms with Gasteiger partial charge in [0.2, 0.25) is 11.8 Å². The number of nitrogens with zero attached hydrogens (tertiary/aromatic N) is 4. The number of rotatable bonds is 8. The zero-order chi connectivity index (χ0) is 27.6. The van der Waals surface area contributed by atoms with Gasteiger partial charge in [0.05, 0.1) is 42.9 Å². The van der Waals surface area contributed by atoms with Crippen LogP contribution >= 0.6 is 11.3 Å². The highest BCUT2D eigenvalue weighted by molar-refractivity contribution is 7.15. The average Bonchev–Trinajstić information content (AvgIpc) is 3.66. The third-order valence-corrected chi connectivity index (χ3v) is 7.57. The molecule has 3 aromatic rings. The van der Waals surface area contributed by atoms with E-state index in [2.05, 4.69) is 30.5 Å². The molecule has 3 atom stereocenters. The van der Waals surface area contributed by atoms with Gasteiger partial charge in [-0.05, 0) is 25.0 Å². The second-order valence-electron chi connectivity index (χ2n) is 9.34. The van der Waals surface area contributed by atoms with E-state index in [1.54, 1.807) is 31.2 Å². The van der Waals surface area contributed by atoms with Crippen molar-refractivity contribution in [3.63, 3.8) is 0 Å². The van der Waals surface area contributed by atoms with Crippen LogP contribution in [-0.4, -0.2) is 63.5 Å². The van der Waals surface area contributed by atoms with Crippen LogP contribution in [0.25, 0.3) is 11.3 Å². The van der Waals surface area contributed by atoms with Crippen LogP contribution in [0.15, 0.2) is 55.0 Å². The van der Waals surface area contributed by atoms with Crippen LogP contribution < -0.4 is 10.6 Å². The number of fused-ring (bicyclic) bond motifs is 2. The summed E-state index contributed by atoms with van der Waals surface area (Å²) in [6.45, 7) is 3.98. The predicted octanol–water partition coefficient (Wildman–Crippen LogP) is 4.33. The van der Waals surface area contributed by atoms with Crippen molar-refractivity contribution < 1.29 is 27.5 Å². The summed E-state index contributed by atoms with van der Waals surface area (Å²) in [6, 6.07) is 7.48. The molecule has 2 saturated heterocycles. The summed E-state index contributed by atoms with van der Waals surface area (Å²) >= 11 is 0.371. The molecule has 1 aromatic carbocycles. The van der Waals surface area contributed by atoms with Gasteiger partial charge in [0, 0.05) is 30.8 Å². The molecule has 2 N–H and O–H groups in total. The van der Waals surface area contributed by atoms with E-state index >= 15 is 0 Å². The Morgan fingerprint density at radius 1 is 1.21 bits per heavy atom. The molecule has 4 heterocycles. The van der Waals surface area contributed by atoms with Gasteiger partial charge in [-0.3, -0.25) is 19.5 Å². The lowest BCUT2D eigenvalue weighted by Gasteiger charge is -2.24.